The second kappa shape index (κ2) is 27.9. The Labute approximate surface area is 418 Å². The number of halogens is 5. The molecule has 3 aliphatic rings. The minimum atomic E-state index is -1.30. The molecule has 3 heterocycles. The molecule has 5 rings (SSSR count). The molecule has 3 atom stereocenters. The SMILES string of the molecule is CCCCCCC1=C(Br)C(=O)N(c2ccccc2)C1(O)CBr.CCCCCCC1=CC(=O)N(c2ccccc2)C1(O)CBr.CCCCCCC1=CC(O)(C(Br)Br)N(CCCC)C1=O. The van der Waals surface area contributed by atoms with Crippen LogP contribution in [0, 0.1) is 0 Å². The van der Waals surface area contributed by atoms with E-state index in [9.17, 15) is 29.7 Å². The Bertz CT molecular complexity index is 1850. The predicted octanol–water partition coefficient (Wildman–Crippen LogP) is 13.1. The Morgan fingerprint density at radius 2 is 1.06 bits per heavy atom. The van der Waals surface area contributed by atoms with Crippen LogP contribution in [0.1, 0.15) is 137 Å². The molecule has 0 saturated carbocycles. The van der Waals surface area contributed by atoms with Crippen molar-refractivity contribution in [1.82, 2.24) is 4.90 Å². The highest BCUT2D eigenvalue weighted by Gasteiger charge is 2.50. The van der Waals surface area contributed by atoms with E-state index in [1.165, 1.54) is 41.9 Å². The third-order valence-corrected chi connectivity index (χ3v) is 15.3. The van der Waals surface area contributed by atoms with Gasteiger partial charge in [0.15, 0.2) is 17.2 Å². The van der Waals surface area contributed by atoms with E-state index in [1.54, 1.807) is 17.1 Å². The standard InChI is InChI=1S/C17H21Br2NO2.C17H22BrNO2.C15H25Br2NO2/c1-2-3-4-8-11-14-15(19)16(21)20(17(14,22)12-18)13-9-6-5-7-10-13;1-2-3-4-6-9-14-12-16(20)19(17(14,21)13-18)15-10-7-5-8-11-15;1-3-5-7-8-9-12-11-15(20,14(16)17)18(13(12)19)10-6-4-2/h5-7,9-10,22H,2-4,8,11-12H2,1H3;5,7-8,10-12,21H,2-4,6,9,13H2,1H3;11,14,20H,3-10H2,1-2H3. The largest absolute Gasteiger partial charge is 0.366 e. The fourth-order valence-electron chi connectivity index (χ4n) is 7.96. The minimum Gasteiger partial charge on any atom is -0.366 e. The molecule has 0 spiro atoms. The van der Waals surface area contributed by atoms with Gasteiger partial charge in [-0.3, -0.25) is 24.2 Å². The van der Waals surface area contributed by atoms with Crippen molar-refractivity contribution in [3.63, 3.8) is 0 Å². The number of anilines is 2. The number of unbranched alkanes of at least 4 members (excludes halogenated alkanes) is 10. The van der Waals surface area contributed by atoms with E-state index >= 15 is 0 Å². The summed E-state index contributed by atoms with van der Waals surface area (Å²) in [5.74, 6) is -0.339. The second-order valence-electron chi connectivity index (χ2n) is 16.3. The fraction of sp³-hybridized carbons (Fsp3) is 0.571. The summed E-state index contributed by atoms with van der Waals surface area (Å²) < 4.78 is 0.145. The van der Waals surface area contributed by atoms with Gasteiger partial charge in [-0.25, -0.2) is 0 Å². The van der Waals surface area contributed by atoms with Crippen molar-refractivity contribution in [2.24, 2.45) is 0 Å². The van der Waals surface area contributed by atoms with Crippen LogP contribution < -0.4 is 9.80 Å². The first-order chi connectivity index (χ1) is 30.2. The Balaban J connectivity index is 0.000000252. The first-order valence-electron chi connectivity index (χ1n) is 22.7. The minimum absolute atomic E-state index is 0.0126. The summed E-state index contributed by atoms with van der Waals surface area (Å²) in [6, 6.07) is 18.6. The molecule has 3 amide bonds. The van der Waals surface area contributed by atoms with Gasteiger partial charge < -0.3 is 20.2 Å². The summed E-state index contributed by atoms with van der Waals surface area (Å²) in [6.07, 6.45) is 20.9. The van der Waals surface area contributed by atoms with Crippen LogP contribution in [0.3, 0.4) is 0 Å². The molecule has 0 saturated heterocycles. The third-order valence-electron chi connectivity index (χ3n) is 11.6. The van der Waals surface area contributed by atoms with E-state index < -0.39 is 17.2 Å². The molecular formula is C49H68Br5N3O6. The van der Waals surface area contributed by atoms with Crippen LogP contribution in [-0.2, 0) is 14.4 Å². The van der Waals surface area contributed by atoms with Crippen molar-refractivity contribution in [1.29, 1.82) is 0 Å². The Kier molecular flexibility index (Phi) is 24.6. The van der Waals surface area contributed by atoms with Crippen LogP contribution in [0.5, 0.6) is 0 Å². The molecule has 14 heteroatoms. The number of benzene rings is 2. The Morgan fingerprint density at radius 3 is 1.54 bits per heavy atom. The van der Waals surface area contributed by atoms with Crippen molar-refractivity contribution in [3.8, 4) is 0 Å². The van der Waals surface area contributed by atoms with Gasteiger partial charge in [0, 0.05) is 35.1 Å². The maximum Gasteiger partial charge on any atom is 0.268 e. The number of carbonyl (C=O) groups is 3. The highest BCUT2D eigenvalue weighted by Crippen LogP contribution is 2.44. The van der Waals surface area contributed by atoms with Crippen LogP contribution >= 0.6 is 79.6 Å². The molecule has 0 bridgehead atoms. The smallest absolute Gasteiger partial charge is 0.268 e. The van der Waals surface area contributed by atoms with Gasteiger partial charge in [0.1, 0.15) is 3.74 Å². The number of amides is 3. The van der Waals surface area contributed by atoms with Crippen molar-refractivity contribution < 1.29 is 29.7 Å². The van der Waals surface area contributed by atoms with Gasteiger partial charge in [-0.1, -0.05) is 192 Å². The van der Waals surface area contributed by atoms with E-state index in [2.05, 4.69) is 107 Å². The number of hydrogen-bond donors (Lipinski definition) is 3. The van der Waals surface area contributed by atoms with Crippen LogP contribution in [0.2, 0.25) is 0 Å². The van der Waals surface area contributed by atoms with Crippen LogP contribution in [0.15, 0.2) is 94.0 Å². The topological polar surface area (TPSA) is 122 Å². The number of hydrogen-bond acceptors (Lipinski definition) is 6. The van der Waals surface area contributed by atoms with Gasteiger partial charge in [-0.05, 0) is 96.8 Å². The molecule has 0 fully saturated rings. The van der Waals surface area contributed by atoms with Gasteiger partial charge in [0.2, 0.25) is 0 Å². The maximum atomic E-state index is 12.6. The number of rotatable bonds is 23. The lowest BCUT2D eigenvalue weighted by atomic mass is 9.99. The van der Waals surface area contributed by atoms with Gasteiger partial charge in [-0.15, -0.1) is 0 Å². The lowest BCUT2D eigenvalue weighted by molar-refractivity contribution is -0.140. The van der Waals surface area contributed by atoms with E-state index in [0.717, 1.165) is 99.5 Å². The summed E-state index contributed by atoms with van der Waals surface area (Å²) in [5, 5.41) is 33.5. The number of alkyl halides is 4. The molecule has 0 aromatic heterocycles. The van der Waals surface area contributed by atoms with E-state index in [-0.39, 0.29) is 21.5 Å². The summed E-state index contributed by atoms with van der Waals surface area (Å²) in [5.41, 5.74) is -0.0259. The summed E-state index contributed by atoms with van der Waals surface area (Å²) in [6.45, 7) is 9.18. The fourth-order valence-corrected chi connectivity index (χ4v) is 10.6. The van der Waals surface area contributed by atoms with E-state index in [1.807, 2.05) is 60.7 Å². The van der Waals surface area contributed by atoms with Crippen molar-refractivity contribution in [2.45, 2.75) is 158 Å². The van der Waals surface area contributed by atoms with Gasteiger partial charge in [0.25, 0.3) is 17.7 Å². The number of aliphatic hydroxyl groups is 3. The maximum absolute atomic E-state index is 12.6. The number of carbonyl (C=O) groups excluding carboxylic acids is 3. The zero-order chi connectivity index (χ0) is 46.6. The highest BCUT2D eigenvalue weighted by atomic mass is 79.9. The molecule has 63 heavy (non-hydrogen) atoms. The molecule has 350 valence electrons. The average Bonchev–Trinajstić information content (AvgIpc) is 3.77. The summed E-state index contributed by atoms with van der Waals surface area (Å²) in [4.78, 5) is 41.9. The van der Waals surface area contributed by atoms with Crippen molar-refractivity contribution >= 4 is 109 Å². The molecule has 3 aliphatic heterocycles. The van der Waals surface area contributed by atoms with E-state index in [0.29, 0.717) is 27.4 Å². The Morgan fingerprint density at radius 1 is 0.587 bits per heavy atom. The zero-order valence-electron chi connectivity index (χ0n) is 37.4. The molecule has 2 aromatic carbocycles. The molecular weight excluding hydrogens is 1130 g/mol. The quantitative estimate of drug-likeness (QED) is 0.0753. The van der Waals surface area contributed by atoms with Crippen LogP contribution in [-0.4, -0.2) is 76.1 Å². The Hall–Kier alpha value is -1.65. The molecule has 3 N–H and O–H groups in total. The number of nitrogens with zero attached hydrogens (tertiary/aromatic N) is 3. The van der Waals surface area contributed by atoms with Crippen molar-refractivity contribution in [2.75, 3.05) is 27.0 Å². The lowest BCUT2D eigenvalue weighted by Gasteiger charge is -2.35. The zero-order valence-corrected chi connectivity index (χ0v) is 45.4. The average molecular weight is 1190 g/mol. The van der Waals surface area contributed by atoms with Crippen LogP contribution in [0.4, 0.5) is 11.4 Å². The molecule has 2 aromatic rings. The van der Waals surface area contributed by atoms with Gasteiger partial charge in [0.05, 0.1) is 15.1 Å². The highest BCUT2D eigenvalue weighted by molar-refractivity contribution is 9.24. The molecule has 0 aliphatic carbocycles. The number of para-hydroxylation sites is 2. The predicted molar refractivity (Wildman–Crippen MR) is 277 cm³/mol. The normalized spacial score (nSPS) is 22.1. The molecule has 0 radical (unpaired) electrons. The van der Waals surface area contributed by atoms with Gasteiger partial charge >= 0.3 is 0 Å². The summed E-state index contributed by atoms with van der Waals surface area (Å²) >= 11 is 16.9. The van der Waals surface area contributed by atoms with Gasteiger partial charge in [-0.2, -0.15) is 0 Å². The molecule has 9 nitrogen and oxygen atoms in total. The van der Waals surface area contributed by atoms with Crippen molar-refractivity contribution in [3.05, 3.63) is 94.0 Å². The van der Waals surface area contributed by atoms with Crippen LogP contribution in [0.25, 0.3) is 0 Å². The van der Waals surface area contributed by atoms with E-state index in [4.69, 9.17) is 0 Å². The molecule has 3 unspecified atom stereocenters. The first-order valence-corrected chi connectivity index (χ1v) is 27.5. The first kappa shape index (κ1) is 55.7. The summed E-state index contributed by atoms with van der Waals surface area (Å²) in [7, 11) is 0. The second-order valence-corrected chi connectivity index (χ2v) is 21.3. The lowest BCUT2D eigenvalue weighted by Crippen LogP contribution is -2.51. The third kappa shape index (κ3) is 14.4. The monoisotopic (exact) mass is 1190 g/mol.